The molecule has 0 fully saturated rings. The van der Waals surface area contributed by atoms with E-state index in [1.807, 2.05) is 0 Å². The van der Waals surface area contributed by atoms with E-state index in [2.05, 4.69) is 6.92 Å². The highest BCUT2D eigenvalue weighted by Gasteiger charge is 2.00. The fraction of sp³-hybridized carbons (Fsp3) is 1.00. The highest BCUT2D eigenvalue weighted by molar-refractivity contribution is 4.51. The van der Waals surface area contributed by atoms with Crippen LogP contribution in [0.2, 0.25) is 0 Å². The van der Waals surface area contributed by atoms with Crippen LogP contribution in [0.3, 0.4) is 0 Å². The van der Waals surface area contributed by atoms with Gasteiger partial charge in [-0.15, -0.1) is 0 Å². The normalized spacial score (nSPS) is 12.6. The molecule has 1 unspecified atom stereocenters. The lowest BCUT2D eigenvalue weighted by Gasteiger charge is -2.11. The van der Waals surface area contributed by atoms with Crippen molar-refractivity contribution in [1.82, 2.24) is 0 Å². The summed E-state index contributed by atoms with van der Waals surface area (Å²) >= 11 is 0. The van der Waals surface area contributed by atoms with E-state index in [-0.39, 0.29) is 6.23 Å². The van der Waals surface area contributed by atoms with Gasteiger partial charge in [0.15, 0.2) is 0 Å². The molecule has 0 saturated heterocycles. The first-order chi connectivity index (χ1) is 11.8. The van der Waals surface area contributed by atoms with Gasteiger partial charge in [-0.2, -0.15) is 0 Å². The Balaban J connectivity index is 3.00. The zero-order valence-electron chi connectivity index (χ0n) is 16.6. The van der Waals surface area contributed by atoms with E-state index >= 15 is 0 Å². The molecular weight excluding hydrogens is 296 g/mol. The van der Waals surface area contributed by atoms with E-state index in [1.165, 1.54) is 96.3 Å². The van der Waals surface area contributed by atoms with Gasteiger partial charge in [-0.05, 0) is 19.4 Å². The minimum atomic E-state index is -0.161. The van der Waals surface area contributed by atoms with E-state index in [4.69, 9.17) is 16.2 Å². The SMILES string of the molecule is CCCCCCCCCCCCCCCCCCOC(N)CCN. The molecule has 0 heterocycles. The maximum atomic E-state index is 5.75. The van der Waals surface area contributed by atoms with Crippen LogP contribution in [0.25, 0.3) is 0 Å². The van der Waals surface area contributed by atoms with Gasteiger partial charge < -0.3 is 16.2 Å². The molecular formula is C21H46N2O. The average Bonchev–Trinajstić information content (AvgIpc) is 2.58. The summed E-state index contributed by atoms with van der Waals surface area (Å²) in [4.78, 5) is 0. The monoisotopic (exact) mass is 342 g/mol. The summed E-state index contributed by atoms with van der Waals surface area (Å²) in [6, 6.07) is 0. The van der Waals surface area contributed by atoms with Crippen LogP contribution in [0.1, 0.15) is 116 Å². The van der Waals surface area contributed by atoms with Crippen LogP contribution in [0.15, 0.2) is 0 Å². The van der Waals surface area contributed by atoms with Gasteiger partial charge in [-0.1, -0.05) is 103 Å². The van der Waals surface area contributed by atoms with Crippen LogP contribution in [-0.4, -0.2) is 19.4 Å². The molecule has 24 heavy (non-hydrogen) atoms. The summed E-state index contributed by atoms with van der Waals surface area (Å²) in [6.07, 6.45) is 23.0. The lowest BCUT2D eigenvalue weighted by molar-refractivity contribution is 0.0509. The molecule has 1 atom stereocenters. The summed E-state index contributed by atoms with van der Waals surface area (Å²) < 4.78 is 5.50. The van der Waals surface area contributed by atoms with Gasteiger partial charge in [-0.25, -0.2) is 0 Å². The van der Waals surface area contributed by atoms with Crippen LogP contribution < -0.4 is 11.5 Å². The largest absolute Gasteiger partial charge is 0.364 e. The molecule has 0 spiro atoms. The van der Waals surface area contributed by atoms with Crippen molar-refractivity contribution < 1.29 is 4.74 Å². The molecule has 0 radical (unpaired) electrons. The minimum Gasteiger partial charge on any atom is -0.364 e. The predicted octanol–water partition coefficient (Wildman–Crippen LogP) is 5.90. The van der Waals surface area contributed by atoms with Crippen molar-refractivity contribution in [2.24, 2.45) is 11.5 Å². The van der Waals surface area contributed by atoms with Crippen molar-refractivity contribution in [2.75, 3.05) is 13.2 Å². The van der Waals surface area contributed by atoms with Gasteiger partial charge in [-0.3, -0.25) is 0 Å². The molecule has 3 heteroatoms. The maximum absolute atomic E-state index is 5.75. The van der Waals surface area contributed by atoms with Crippen molar-refractivity contribution in [1.29, 1.82) is 0 Å². The van der Waals surface area contributed by atoms with Gasteiger partial charge >= 0.3 is 0 Å². The summed E-state index contributed by atoms with van der Waals surface area (Å²) in [5, 5.41) is 0. The Hall–Kier alpha value is -0.120. The summed E-state index contributed by atoms with van der Waals surface area (Å²) in [5.74, 6) is 0. The standard InChI is InChI=1S/C21H46N2O/c1-2-3-4-5-6-7-8-9-10-11-12-13-14-15-16-17-20-24-21(23)18-19-22/h21H,2-20,22-23H2,1H3. The molecule has 0 aliphatic heterocycles. The summed E-state index contributed by atoms with van der Waals surface area (Å²) in [5.41, 5.74) is 11.2. The predicted molar refractivity (Wildman–Crippen MR) is 107 cm³/mol. The Labute approximate surface area is 152 Å². The van der Waals surface area contributed by atoms with Crippen molar-refractivity contribution in [3.8, 4) is 0 Å². The number of nitrogens with two attached hydrogens (primary N) is 2. The van der Waals surface area contributed by atoms with Crippen molar-refractivity contribution in [3.63, 3.8) is 0 Å². The summed E-state index contributed by atoms with van der Waals surface area (Å²) in [6.45, 7) is 3.69. The molecule has 0 aromatic carbocycles. The average molecular weight is 343 g/mol. The molecule has 0 aliphatic rings. The van der Waals surface area contributed by atoms with Crippen molar-refractivity contribution >= 4 is 0 Å². The van der Waals surface area contributed by atoms with Crippen LogP contribution in [-0.2, 0) is 4.74 Å². The molecule has 0 rings (SSSR count). The van der Waals surface area contributed by atoms with Crippen molar-refractivity contribution in [2.45, 2.75) is 122 Å². The molecule has 0 aromatic heterocycles. The van der Waals surface area contributed by atoms with E-state index in [0.29, 0.717) is 6.54 Å². The fourth-order valence-electron chi connectivity index (χ4n) is 3.13. The Morgan fingerprint density at radius 3 is 1.38 bits per heavy atom. The van der Waals surface area contributed by atoms with Crippen LogP contribution >= 0.6 is 0 Å². The van der Waals surface area contributed by atoms with Gasteiger partial charge in [0.2, 0.25) is 0 Å². The van der Waals surface area contributed by atoms with E-state index < -0.39 is 0 Å². The third-order valence-corrected chi connectivity index (χ3v) is 4.78. The number of hydrogen-bond donors (Lipinski definition) is 2. The molecule has 0 saturated carbocycles. The quantitative estimate of drug-likeness (QED) is 0.214. The third-order valence-electron chi connectivity index (χ3n) is 4.78. The summed E-state index contributed by atoms with van der Waals surface area (Å²) in [7, 11) is 0. The first-order valence-electron chi connectivity index (χ1n) is 10.9. The first-order valence-corrected chi connectivity index (χ1v) is 10.9. The van der Waals surface area contributed by atoms with Gasteiger partial charge in [0.1, 0.15) is 6.23 Å². The second-order valence-corrected chi connectivity index (χ2v) is 7.29. The molecule has 0 aliphatic carbocycles. The highest BCUT2D eigenvalue weighted by atomic mass is 16.5. The van der Waals surface area contributed by atoms with Crippen LogP contribution in [0, 0.1) is 0 Å². The topological polar surface area (TPSA) is 61.3 Å². The zero-order chi connectivity index (χ0) is 17.7. The van der Waals surface area contributed by atoms with Gasteiger partial charge in [0, 0.05) is 6.61 Å². The molecule has 0 amide bonds. The fourth-order valence-corrected chi connectivity index (χ4v) is 3.13. The minimum absolute atomic E-state index is 0.161. The molecule has 0 aromatic rings. The van der Waals surface area contributed by atoms with Crippen molar-refractivity contribution in [3.05, 3.63) is 0 Å². The molecule has 3 nitrogen and oxygen atoms in total. The van der Waals surface area contributed by atoms with E-state index in [9.17, 15) is 0 Å². The maximum Gasteiger partial charge on any atom is 0.106 e. The van der Waals surface area contributed by atoms with Gasteiger partial charge in [0.05, 0.1) is 0 Å². The van der Waals surface area contributed by atoms with E-state index in [1.54, 1.807) is 0 Å². The Kier molecular flexibility index (Phi) is 20.8. The lowest BCUT2D eigenvalue weighted by Crippen LogP contribution is -2.27. The first kappa shape index (κ1) is 23.9. The Bertz CT molecular complexity index is 224. The van der Waals surface area contributed by atoms with Gasteiger partial charge in [0.25, 0.3) is 0 Å². The zero-order valence-corrected chi connectivity index (χ0v) is 16.6. The highest BCUT2D eigenvalue weighted by Crippen LogP contribution is 2.13. The number of unbranched alkanes of at least 4 members (excludes halogenated alkanes) is 15. The van der Waals surface area contributed by atoms with Crippen LogP contribution in [0.5, 0.6) is 0 Å². The smallest absolute Gasteiger partial charge is 0.106 e. The lowest BCUT2D eigenvalue weighted by atomic mass is 10.0. The molecule has 146 valence electrons. The molecule has 4 N–H and O–H groups in total. The van der Waals surface area contributed by atoms with E-state index in [0.717, 1.165) is 19.4 Å². The molecule has 0 bridgehead atoms. The third kappa shape index (κ3) is 19.9. The Morgan fingerprint density at radius 1 is 0.625 bits per heavy atom. The number of ether oxygens (including phenoxy) is 1. The second kappa shape index (κ2) is 20.9. The number of hydrogen-bond acceptors (Lipinski definition) is 3. The van der Waals surface area contributed by atoms with Crippen LogP contribution in [0.4, 0.5) is 0 Å². The number of rotatable bonds is 20. The second-order valence-electron chi connectivity index (χ2n) is 7.29. The Morgan fingerprint density at radius 2 is 1.00 bits per heavy atom.